The highest BCUT2D eigenvalue weighted by molar-refractivity contribution is 9.11. The zero-order valence-corrected chi connectivity index (χ0v) is 13.0. The van der Waals surface area contributed by atoms with Crippen molar-refractivity contribution in [3.05, 3.63) is 43.9 Å². The van der Waals surface area contributed by atoms with Crippen LogP contribution >= 0.6 is 27.3 Å². The average molecular weight is 344 g/mol. The minimum Gasteiger partial charge on any atom is -0.475 e. The third-order valence-electron chi connectivity index (χ3n) is 2.75. The Bertz CT molecular complexity index is 590. The molecular formula is C13H14BrNO3S. The summed E-state index contributed by atoms with van der Waals surface area (Å²) in [5.74, 6) is -0.367. The van der Waals surface area contributed by atoms with Crippen LogP contribution in [-0.2, 0) is 13.1 Å². The number of hydrogen-bond donors (Lipinski definition) is 1. The van der Waals surface area contributed by atoms with Crippen LogP contribution in [-0.4, -0.2) is 23.0 Å². The standard InChI is InChI=1S/C13H14BrNO3S/c1-8-10(4-11(18-8)13(16)17)6-15(2)5-9-3-12(14)19-7-9/h3-4,7H,5-6H2,1-2H3,(H,16,17). The molecule has 2 rings (SSSR count). The molecule has 4 nitrogen and oxygen atoms in total. The highest BCUT2D eigenvalue weighted by atomic mass is 79.9. The second-order valence-corrected chi connectivity index (χ2v) is 6.72. The van der Waals surface area contributed by atoms with E-state index in [0.29, 0.717) is 12.3 Å². The van der Waals surface area contributed by atoms with Crippen LogP contribution in [0.25, 0.3) is 0 Å². The van der Waals surface area contributed by atoms with E-state index in [9.17, 15) is 4.79 Å². The number of rotatable bonds is 5. The number of aryl methyl sites for hydroxylation is 1. The third kappa shape index (κ3) is 3.68. The summed E-state index contributed by atoms with van der Waals surface area (Å²) >= 11 is 5.10. The fraction of sp³-hybridized carbons (Fsp3) is 0.308. The normalized spacial score (nSPS) is 11.2. The molecule has 0 fully saturated rings. The van der Waals surface area contributed by atoms with Gasteiger partial charge in [0.25, 0.3) is 0 Å². The number of carboxylic acids is 1. The van der Waals surface area contributed by atoms with Crippen molar-refractivity contribution in [1.82, 2.24) is 4.90 Å². The van der Waals surface area contributed by atoms with Crippen molar-refractivity contribution < 1.29 is 14.3 Å². The van der Waals surface area contributed by atoms with Crippen LogP contribution in [0.3, 0.4) is 0 Å². The van der Waals surface area contributed by atoms with Crippen LogP contribution in [0.4, 0.5) is 0 Å². The number of hydrogen-bond acceptors (Lipinski definition) is 4. The summed E-state index contributed by atoms with van der Waals surface area (Å²) in [7, 11) is 2.00. The quantitative estimate of drug-likeness (QED) is 0.898. The molecule has 0 radical (unpaired) electrons. The molecule has 0 spiro atoms. The molecule has 0 atom stereocenters. The second-order valence-electron chi connectivity index (χ2n) is 4.43. The lowest BCUT2D eigenvalue weighted by Crippen LogP contribution is -2.16. The third-order valence-corrected chi connectivity index (χ3v) is 4.30. The Hall–Kier alpha value is -1.11. The summed E-state index contributed by atoms with van der Waals surface area (Å²) < 4.78 is 6.31. The molecule has 2 aromatic rings. The number of thiophene rings is 1. The maximum absolute atomic E-state index is 10.8. The summed E-state index contributed by atoms with van der Waals surface area (Å²) in [6.07, 6.45) is 0. The zero-order valence-electron chi connectivity index (χ0n) is 10.6. The molecule has 0 saturated heterocycles. The Kier molecular flexibility index (Phi) is 4.44. The van der Waals surface area contributed by atoms with Crippen molar-refractivity contribution in [2.24, 2.45) is 0 Å². The van der Waals surface area contributed by atoms with Crippen molar-refractivity contribution in [1.29, 1.82) is 0 Å². The summed E-state index contributed by atoms with van der Waals surface area (Å²) in [6, 6.07) is 3.68. The fourth-order valence-corrected chi connectivity index (χ4v) is 3.07. The molecule has 0 aliphatic carbocycles. The van der Waals surface area contributed by atoms with Gasteiger partial charge in [0, 0.05) is 18.7 Å². The molecule has 0 aromatic carbocycles. The maximum Gasteiger partial charge on any atom is 0.371 e. The van der Waals surface area contributed by atoms with Crippen LogP contribution in [0.15, 0.2) is 25.7 Å². The smallest absolute Gasteiger partial charge is 0.371 e. The van der Waals surface area contributed by atoms with E-state index in [1.165, 1.54) is 5.56 Å². The van der Waals surface area contributed by atoms with Gasteiger partial charge < -0.3 is 9.52 Å². The summed E-state index contributed by atoms with van der Waals surface area (Å²) in [5.41, 5.74) is 2.15. The molecule has 6 heteroatoms. The minimum absolute atomic E-state index is 0.000761. The van der Waals surface area contributed by atoms with Gasteiger partial charge in [-0.05, 0) is 53.0 Å². The molecule has 0 aliphatic rings. The van der Waals surface area contributed by atoms with Gasteiger partial charge in [0.15, 0.2) is 0 Å². The van der Waals surface area contributed by atoms with Gasteiger partial charge in [-0.2, -0.15) is 0 Å². The first-order chi connectivity index (χ1) is 8.95. The van der Waals surface area contributed by atoms with Gasteiger partial charge in [-0.25, -0.2) is 4.79 Å². The van der Waals surface area contributed by atoms with Gasteiger partial charge in [-0.1, -0.05) is 0 Å². The molecule has 102 valence electrons. The van der Waals surface area contributed by atoms with Crippen LogP contribution in [0.2, 0.25) is 0 Å². The maximum atomic E-state index is 10.8. The van der Waals surface area contributed by atoms with Crippen LogP contribution < -0.4 is 0 Å². The van der Waals surface area contributed by atoms with E-state index in [1.54, 1.807) is 24.3 Å². The molecule has 0 bridgehead atoms. The number of halogens is 1. The van der Waals surface area contributed by atoms with Gasteiger partial charge in [0.2, 0.25) is 5.76 Å². The topological polar surface area (TPSA) is 53.7 Å². The van der Waals surface area contributed by atoms with Crippen molar-refractivity contribution in [2.45, 2.75) is 20.0 Å². The number of aromatic carboxylic acids is 1. The Balaban J connectivity index is 2.02. The Morgan fingerprint density at radius 2 is 2.21 bits per heavy atom. The summed E-state index contributed by atoms with van der Waals surface area (Å²) in [4.78, 5) is 13.0. The molecule has 2 heterocycles. The van der Waals surface area contributed by atoms with Crippen LogP contribution in [0, 0.1) is 6.92 Å². The lowest BCUT2D eigenvalue weighted by molar-refractivity contribution is 0.0661. The van der Waals surface area contributed by atoms with Gasteiger partial charge >= 0.3 is 5.97 Å². The van der Waals surface area contributed by atoms with Crippen molar-refractivity contribution in [2.75, 3.05) is 7.05 Å². The molecule has 0 aliphatic heterocycles. The van der Waals surface area contributed by atoms with E-state index in [2.05, 4.69) is 32.3 Å². The monoisotopic (exact) mass is 343 g/mol. The Morgan fingerprint density at radius 3 is 2.74 bits per heavy atom. The first kappa shape index (κ1) is 14.3. The summed E-state index contributed by atoms with van der Waals surface area (Å²) in [5, 5.41) is 11.0. The number of carbonyl (C=O) groups is 1. The average Bonchev–Trinajstić information content (AvgIpc) is 2.86. The molecule has 0 unspecified atom stereocenters. The number of furan rings is 1. The Morgan fingerprint density at radius 1 is 1.47 bits per heavy atom. The molecule has 1 N–H and O–H groups in total. The molecule has 0 saturated carbocycles. The van der Waals surface area contributed by atoms with E-state index in [0.717, 1.165) is 15.9 Å². The van der Waals surface area contributed by atoms with E-state index < -0.39 is 5.97 Å². The van der Waals surface area contributed by atoms with Crippen LogP contribution in [0.5, 0.6) is 0 Å². The fourth-order valence-electron chi connectivity index (χ4n) is 1.87. The molecule has 2 aromatic heterocycles. The van der Waals surface area contributed by atoms with Crippen molar-refractivity contribution in [3.63, 3.8) is 0 Å². The highest BCUT2D eigenvalue weighted by Crippen LogP contribution is 2.22. The minimum atomic E-state index is -1.03. The first-order valence-corrected chi connectivity index (χ1v) is 7.37. The van der Waals surface area contributed by atoms with E-state index in [1.807, 2.05) is 7.05 Å². The Labute approximate surface area is 123 Å². The van der Waals surface area contributed by atoms with Gasteiger partial charge in [-0.3, -0.25) is 4.90 Å². The van der Waals surface area contributed by atoms with Gasteiger partial charge in [-0.15, -0.1) is 11.3 Å². The lowest BCUT2D eigenvalue weighted by atomic mass is 10.2. The second kappa shape index (κ2) is 5.90. The van der Waals surface area contributed by atoms with E-state index in [-0.39, 0.29) is 5.76 Å². The first-order valence-electron chi connectivity index (χ1n) is 5.69. The van der Waals surface area contributed by atoms with Gasteiger partial charge in [0.1, 0.15) is 5.76 Å². The predicted octanol–water partition coefficient (Wildman–Crippen LogP) is 3.74. The molecule has 0 amide bonds. The largest absolute Gasteiger partial charge is 0.475 e. The van der Waals surface area contributed by atoms with E-state index in [4.69, 9.17) is 9.52 Å². The SMILES string of the molecule is Cc1oc(C(=O)O)cc1CN(C)Cc1csc(Br)c1. The van der Waals surface area contributed by atoms with E-state index >= 15 is 0 Å². The summed E-state index contributed by atoms with van der Waals surface area (Å²) in [6.45, 7) is 3.27. The highest BCUT2D eigenvalue weighted by Gasteiger charge is 2.14. The lowest BCUT2D eigenvalue weighted by Gasteiger charge is -2.15. The number of nitrogens with zero attached hydrogens (tertiary/aromatic N) is 1. The predicted molar refractivity (Wildman–Crippen MR) is 77.6 cm³/mol. The van der Waals surface area contributed by atoms with Gasteiger partial charge in [0.05, 0.1) is 3.79 Å². The van der Waals surface area contributed by atoms with Crippen LogP contribution in [0.1, 0.15) is 27.4 Å². The number of carboxylic acid groups (broad SMARTS) is 1. The zero-order chi connectivity index (χ0) is 14.0. The molecule has 19 heavy (non-hydrogen) atoms. The van der Waals surface area contributed by atoms with Crippen molar-refractivity contribution in [3.8, 4) is 0 Å². The molecular weight excluding hydrogens is 330 g/mol. The van der Waals surface area contributed by atoms with Crippen molar-refractivity contribution >= 4 is 33.2 Å².